The smallest absolute Gasteiger partial charge is 0.0234 e. The van der Waals surface area contributed by atoms with E-state index >= 15 is 0 Å². The van der Waals surface area contributed by atoms with Gasteiger partial charge in [0.25, 0.3) is 0 Å². The van der Waals surface area contributed by atoms with Gasteiger partial charge >= 0.3 is 0 Å². The normalized spacial score (nSPS) is 18.8. The van der Waals surface area contributed by atoms with E-state index in [1.54, 1.807) is 0 Å². The second-order valence-corrected chi connectivity index (χ2v) is 4.77. The van der Waals surface area contributed by atoms with Crippen LogP contribution in [0.5, 0.6) is 0 Å². The largest absolute Gasteiger partial charge is 0.300 e. The SMILES string of the molecule is SCCN1CCN(Cc2ccccc2)CC1. The van der Waals surface area contributed by atoms with Crippen molar-refractivity contribution < 1.29 is 0 Å². The minimum absolute atomic E-state index is 0.971. The van der Waals surface area contributed by atoms with Crippen LogP contribution in [-0.2, 0) is 6.54 Å². The molecule has 3 heteroatoms. The minimum atomic E-state index is 0.971. The summed E-state index contributed by atoms with van der Waals surface area (Å²) in [5.41, 5.74) is 1.42. The van der Waals surface area contributed by atoms with Gasteiger partial charge in [0.2, 0.25) is 0 Å². The van der Waals surface area contributed by atoms with Gasteiger partial charge in [-0.25, -0.2) is 0 Å². The van der Waals surface area contributed by atoms with Crippen molar-refractivity contribution in [1.29, 1.82) is 0 Å². The number of nitrogens with zero attached hydrogens (tertiary/aromatic N) is 2. The highest BCUT2D eigenvalue weighted by Gasteiger charge is 2.15. The maximum atomic E-state index is 4.28. The van der Waals surface area contributed by atoms with Gasteiger partial charge in [0.05, 0.1) is 0 Å². The Morgan fingerprint density at radius 1 is 0.938 bits per heavy atom. The number of hydrogen-bond donors (Lipinski definition) is 1. The number of hydrogen-bond acceptors (Lipinski definition) is 3. The molecule has 0 N–H and O–H groups in total. The molecule has 2 nitrogen and oxygen atoms in total. The fourth-order valence-electron chi connectivity index (χ4n) is 2.15. The van der Waals surface area contributed by atoms with Crippen molar-refractivity contribution in [3.05, 3.63) is 35.9 Å². The van der Waals surface area contributed by atoms with Crippen molar-refractivity contribution in [2.75, 3.05) is 38.5 Å². The lowest BCUT2D eigenvalue weighted by atomic mass is 10.2. The molecule has 0 radical (unpaired) electrons. The van der Waals surface area contributed by atoms with Crippen molar-refractivity contribution in [1.82, 2.24) is 9.80 Å². The van der Waals surface area contributed by atoms with E-state index in [1.807, 2.05) is 0 Å². The van der Waals surface area contributed by atoms with Crippen LogP contribution in [0, 0.1) is 0 Å². The van der Waals surface area contributed by atoms with Crippen molar-refractivity contribution in [2.24, 2.45) is 0 Å². The summed E-state index contributed by atoms with van der Waals surface area (Å²) in [4.78, 5) is 5.03. The Labute approximate surface area is 104 Å². The maximum Gasteiger partial charge on any atom is 0.0234 e. The summed E-state index contributed by atoms with van der Waals surface area (Å²) in [6, 6.07) is 10.7. The third-order valence-corrected chi connectivity index (χ3v) is 3.33. The summed E-state index contributed by atoms with van der Waals surface area (Å²) in [5.74, 6) is 0.971. The van der Waals surface area contributed by atoms with E-state index in [0.717, 1.165) is 18.8 Å². The molecule has 0 aromatic heterocycles. The van der Waals surface area contributed by atoms with Gasteiger partial charge in [-0.15, -0.1) is 0 Å². The maximum absolute atomic E-state index is 4.28. The Morgan fingerprint density at radius 3 is 2.19 bits per heavy atom. The summed E-state index contributed by atoms with van der Waals surface area (Å²) >= 11 is 4.28. The van der Waals surface area contributed by atoms with Crippen LogP contribution in [0.1, 0.15) is 5.56 Å². The molecule has 88 valence electrons. The lowest BCUT2D eigenvalue weighted by Crippen LogP contribution is -2.46. The molecule has 1 aromatic rings. The number of rotatable bonds is 4. The molecule has 1 fully saturated rings. The highest BCUT2D eigenvalue weighted by Crippen LogP contribution is 2.08. The molecule has 16 heavy (non-hydrogen) atoms. The van der Waals surface area contributed by atoms with Gasteiger partial charge in [-0.1, -0.05) is 30.3 Å². The average molecular weight is 236 g/mol. The summed E-state index contributed by atoms with van der Waals surface area (Å²) in [6.45, 7) is 6.96. The fraction of sp³-hybridized carbons (Fsp3) is 0.538. The van der Waals surface area contributed by atoms with Gasteiger partial charge < -0.3 is 0 Å². The first-order valence-electron chi connectivity index (χ1n) is 5.98. The summed E-state index contributed by atoms with van der Waals surface area (Å²) in [5, 5.41) is 0. The van der Waals surface area contributed by atoms with E-state index in [9.17, 15) is 0 Å². The van der Waals surface area contributed by atoms with E-state index in [4.69, 9.17) is 0 Å². The van der Waals surface area contributed by atoms with E-state index < -0.39 is 0 Å². The third kappa shape index (κ3) is 3.51. The second kappa shape index (κ2) is 6.28. The number of piperazine rings is 1. The molecule has 0 unspecified atom stereocenters. The van der Waals surface area contributed by atoms with Crippen LogP contribution < -0.4 is 0 Å². The zero-order chi connectivity index (χ0) is 11.2. The molecule has 1 heterocycles. The predicted molar refractivity (Wildman–Crippen MR) is 72.0 cm³/mol. The van der Waals surface area contributed by atoms with Crippen LogP contribution >= 0.6 is 12.6 Å². The Kier molecular flexibility index (Phi) is 4.69. The van der Waals surface area contributed by atoms with Crippen LogP contribution in [0.15, 0.2) is 30.3 Å². The standard InChI is InChI=1S/C13H20N2S/c16-11-10-14-6-8-15(9-7-14)12-13-4-2-1-3-5-13/h1-5,16H,6-12H2. The van der Waals surface area contributed by atoms with Gasteiger partial charge in [0, 0.05) is 45.0 Å². The van der Waals surface area contributed by atoms with Gasteiger partial charge in [0.15, 0.2) is 0 Å². The van der Waals surface area contributed by atoms with E-state index in [2.05, 4.69) is 52.8 Å². The van der Waals surface area contributed by atoms with Crippen LogP contribution in [0.2, 0.25) is 0 Å². The molecule has 0 atom stereocenters. The van der Waals surface area contributed by atoms with E-state index in [-0.39, 0.29) is 0 Å². The highest BCUT2D eigenvalue weighted by atomic mass is 32.1. The van der Waals surface area contributed by atoms with E-state index in [0.29, 0.717) is 0 Å². The molecular weight excluding hydrogens is 216 g/mol. The quantitative estimate of drug-likeness (QED) is 0.796. The van der Waals surface area contributed by atoms with Gasteiger partial charge in [-0.2, -0.15) is 12.6 Å². The zero-order valence-electron chi connectivity index (χ0n) is 9.68. The molecule has 0 saturated carbocycles. The molecular formula is C13H20N2S. The second-order valence-electron chi connectivity index (χ2n) is 4.33. The monoisotopic (exact) mass is 236 g/mol. The first kappa shape index (κ1) is 12.0. The molecule has 0 spiro atoms. The van der Waals surface area contributed by atoms with E-state index in [1.165, 1.54) is 31.7 Å². The van der Waals surface area contributed by atoms with Crippen molar-refractivity contribution in [3.8, 4) is 0 Å². The van der Waals surface area contributed by atoms with Gasteiger partial charge in [-0.3, -0.25) is 9.80 Å². The Bertz CT molecular complexity index is 294. The molecule has 2 rings (SSSR count). The summed E-state index contributed by atoms with van der Waals surface area (Å²) in [6.07, 6.45) is 0. The molecule has 0 amide bonds. The average Bonchev–Trinajstić information content (AvgIpc) is 2.33. The topological polar surface area (TPSA) is 6.48 Å². The first-order valence-corrected chi connectivity index (χ1v) is 6.61. The zero-order valence-corrected chi connectivity index (χ0v) is 10.6. The lowest BCUT2D eigenvalue weighted by Gasteiger charge is -2.34. The van der Waals surface area contributed by atoms with Crippen LogP contribution in [0.4, 0.5) is 0 Å². The molecule has 1 saturated heterocycles. The minimum Gasteiger partial charge on any atom is -0.300 e. The Hall–Kier alpha value is -0.510. The predicted octanol–water partition coefficient (Wildman–Crippen LogP) is 1.73. The van der Waals surface area contributed by atoms with Gasteiger partial charge in [-0.05, 0) is 5.56 Å². The third-order valence-electron chi connectivity index (χ3n) is 3.13. The summed E-state index contributed by atoms with van der Waals surface area (Å²) in [7, 11) is 0. The molecule has 1 aromatic carbocycles. The molecule has 0 bridgehead atoms. The van der Waals surface area contributed by atoms with Crippen molar-refractivity contribution >= 4 is 12.6 Å². The first-order chi connectivity index (χ1) is 7.88. The van der Waals surface area contributed by atoms with Crippen LogP contribution in [0.3, 0.4) is 0 Å². The van der Waals surface area contributed by atoms with Crippen molar-refractivity contribution in [2.45, 2.75) is 6.54 Å². The summed E-state index contributed by atoms with van der Waals surface area (Å²) < 4.78 is 0. The molecule has 1 aliphatic heterocycles. The highest BCUT2D eigenvalue weighted by molar-refractivity contribution is 7.80. The lowest BCUT2D eigenvalue weighted by molar-refractivity contribution is 0.133. The van der Waals surface area contributed by atoms with Crippen LogP contribution in [-0.4, -0.2) is 48.3 Å². The molecule has 0 aliphatic carbocycles. The number of benzene rings is 1. The Morgan fingerprint density at radius 2 is 1.56 bits per heavy atom. The number of thiol groups is 1. The molecule has 1 aliphatic rings. The van der Waals surface area contributed by atoms with Crippen LogP contribution in [0.25, 0.3) is 0 Å². The fourth-order valence-corrected chi connectivity index (χ4v) is 2.44. The van der Waals surface area contributed by atoms with Crippen molar-refractivity contribution in [3.63, 3.8) is 0 Å². The Balaban J connectivity index is 1.77. The van der Waals surface area contributed by atoms with Gasteiger partial charge in [0.1, 0.15) is 0 Å².